The zero-order valence-electron chi connectivity index (χ0n) is 8.97. The van der Waals surface area contributed by atoms with Crippen LogP contribution < -0.4 is 11.1 Å². The molecule has 13 heavy (non-hydrogen) atoms. The van der Waals surface area contributed by atoms with Gasteiger partial charge in [-0.2, -0.15) is 0 Å². The van der Waals surface area contributed by atoms with Crippen molar-refractivity contribution in [1.82, 2.24) is 5.32 Å². The summed E-state index contributed by atoms with van der Waals surface area (Å²) in [6.07, 6.45) is 2.81. The summed E-state index contributed by atoms with van der Waals surface area (Å²) >= 11 is 0. The van der Waals surface area contributed by atoms with Crippen molar-refractivity contribution in [2.75, 3.05) is 6.54 Å². The van der Waals surface area contributed by atoms with Gasteiger partial charge in [0.05, 0.1) is 6.04 Å². The standard InChI is InChI=1S/C10H22N2O/c1-4-6-9(11)10(13)12-7-8(3)5-2/h8-9H,4-7,11H2,1-3H3,(H,12,13)/t8?,9-/m0/s1. The van der Waals surface area contributed by atoms with Gasteiger partial charge in [0.1, 0.15) is 0 Å². The third-order valence-corrected chi connectivity index (χ3v) is 2.26. The summed E-state index contributed by atoms with van der Waals surface area (Å²) in [4.78, 5) is 11.3. The van der Waals surface area contributed by atoms with E-state index in [1.54, 1.807) is 0 Å². The molecule has 2 atom stereocenters. The zero-order valence-corrected chi connectivity index (χ0v) is 8.97. The Morgan fingerprint density at radius 2 is 2.08 bits per heavy atom. The maximum atomic E-state index is 11.3. The van der Waals surface area contributed by atoms with Gasteiger partial charge in [0.15, 0.2) is 0 Å². The minimum absolute atomic E-state index is 0.0119. The molecule has 0 spiro atoms. The molecule has 0 aliphatic carbocycles. The van der Waals surface area contributed by atoms with E-state index in [9.17, 15) is 4.79 Å². The highest BCUT2D eigenvalue weighted by molar-refractivity contribution is 5.81. The molecule has 1 amide bonds. The lowest BCUT2D eigenvalue weighted by Gasteiger charge is -2.13. The van der Waals surface area contributed by atoms with Gasteiger partial charge in [-0.1, -0.05) is 33.6 Å². The number of amides is 1. The fourth-order valence-corrected chi connectivity index (χ4v) is 0.992. The van der Waals surface area contributed by atoms with Gasteiger partial charge in [0, 0.05) is 6.54 Å². The van der Waals surface area contributed by atoms with Crippen LogP contribution in [-0.2, 0) is 4.79 Å². The van der Waals surface area contributed by atoms with Crippen molar-refractivity contribution >= 4 is 5.91 Å². The number of nitrogens with two attached hydrogens (primary N) is 1. The molecule has 1 unspecified atom stereocenters. The molecule has 0 aliphatic heterocycles. The first-order chi connectivity index (χ1) is 6.11. The molecule has 0 rings (SSSR count). The average molecular weight is 186 g/mol. The minimum atomic E-state index is -0.325. The van der Waals surface area contributed by atoms with E-state index in [0.29, 0.717) is 5.92 Å². The van der Waals surface area contributed by atoms with Gasteiger partial charge in [0.25, 0.3) is 0 Å². The van der Waals surface area contributed by atoms with E-state index in [-0.39, 0.29) is 11.9 Å². The highest BCUT2D eigenvalue weighted by Crippen LogP contribution is 1.98. The molecule has 3 heteroatoms. The van der Waals surface area contributed by atoms with E-state index in [1.807, 2.05) is 6.92 Å². The molecule has 0 heterocycles. The first-order valence-corrected chi connectivity index (χ1v) is 5.15. The number of hydrogen-bond donors (Lipinski definition) is 2. The first kappa shape index (κ1) is 12.4. The van der Waals surface area contributed by atoms with Gasteiger partial charge >= 0.3 is 0 Å². The number of hydrogen-bond acceptors (Lipinski definition) is 2. The van der Waals surface area contributed by atoms with Gasteiger partial charge in [-0.05, 0) is 12.3 Å². The van der Waals surface area contributed by atoms with Crippen molar-refractivity contribution in [1.29, 1.82) is 0 Å². The van der Waals surface area contributed by atoms with E-state index in [1.165, 1.54) is 0 Å². The smallest absolute Gasteiger partial charge is 0.236 e. The Labute approximate surface area is 81.1 Å². The van der Waals surface area contributed by atoms with Gasteiger partial charge in [0.2, 0.25) is 5.91 Å². The van der Waals surface area contributed by atoms with E-state index in [2.05, 4.69) is 19.2 Å². The molecular weight excluding hydrogens is 164 g/mol. The molecule has 0 saturated carbocycles. The van der Waals surface area contributed by atoms with Crippen LogP contribution >= 0.6 is 0 Å². The van der Waals surface area contributed by atoms with Gasteiger partial charge in [-0.25, -0.2) is 0 Å². The second-order valence-corrected chi connectivity index (χ2v) is 3.65. The van der Waals surface area contributed by atoms with Crippen molar-refractivity contribution in [2.24, 2.45) is 11.7 Å². The van der Waals surface area contributed by atoms with Crippen LogP contribution in [0.15, 0.2) is 0 Å². The summed E-state index contributed by atoms with van der Waals surface area (Å²) in [5.74, 6) is 0.528. The van der Waals surface area contributed by atoms with E-state index >= 15 is 0 Å². The molecule has 0 aromatic carbocycles. The van der Waals surface area contributed by atoms with Crippen LogP contribution in [0.1, 0.15) is 40.0 Å². The van der Waals surface area contributed by atoms with Gasteiger partial charge in [-0.3, -0.25) is 4.79 Å². The number of carbonyl (C=O) groups excluding carboxylic acids is 1. The summed E-state index contributed by atoms with van der Waals surface area (Å²) in [5.41, 5.74) is 5.64. The fraction of sp³-hybridized carbons (Fsp3) is 0.900. The Morgan fingerprint density at radius 3 is 2.54 bits per heavy atom. The normalized spacial score (nSPS) is 15.1. The number of rotatable bonds is 6. The molecule has 0 saturated heterocycles. The summed E-state index contributed by atoms with van der Waals surface area (Å²) < 4.78 is 0. The fourth-order valence-electron chi connectivity index (χ4n) is 0.992. The predicted molar refractivity (Wildman–Crippen MR) is 55.3 cm³/mol. The monoisotopic (exact) mass is 186 g/mol. The Kier molecular flexibility index (Phi) is 6.59. The summed E-state index contributed by atoms with van der Waals surface area (Å²) in [5, 5.41) is 2.85. The predicted octanol–water partition coefficient (Wildman–Crippen LogP) is 1.28. The Bertz CT molecular complexity index is 148. The van der Waals surface area contributed by atoms with Crippen LogP contribution in [0.25, 0.3) is 0 Å². The maximum Gasteiger partial charge on any atom is 0.236 e. The zero-order chi connectivity index (χ0) is 10.3. The Morgan fingerprint density at radius 1 is 1.46 bits per heavy atom. The highest BCUT2D eigenvalue weighted by Gasteiger charge is 2.11. The molecule has 3 nitrogen and oxygen atoms in total. The molecule has 0 radical (unpaired) electrons. The quantitative estimate of drug-likeness (QED) is 0.656. The van der Waals surface area contributed by atoms with Crippen LogP contribution in [0.2, 0.25) is 0 Å². The second-order valence-electron chi connectivity index (χ2n) is 3.65. The second kappa shape index (κ2) is 6.89. The lowest BCUT2D eigenvalue weighted by atomic mass is 10.1. The number of nitrogens with one attached hydrogen (secondary N) is 1. The maximum absolute atomic E-state index is 11.3. The average Bonchev–Trinajstić information content (AvgIpc) is 2.13. The molecule has 0 aliphatic rings. The molecule has 0 aromatic heterocycles. The molecule has 0 aromatic rings. The van der Waals surface area contributed by atoms with Crippen molar-refractivity contribution in [3.63, 3.8) is 0 Å². The highest BCUT2D eigenvalue weighted by atomic mass is 16.2. The Balaban J connectivity index is 3.61. The SMILES string of the molecule is CCC[C@H](N)C(=O)NCC(C)CC. The minimum Gasteiger partial charge on any atom is -0.354 e. The lowest BCUT2D eigenvalue weighted by molar-refractivity contribution is -0.122. The lowest BCUT2D eigenvalue weighted by Crippen LogP contribution is -2.41. The van der Waals surface area contributed by atoms with Crippen molar-refractivity contribution in [3.8, 4) is 0 Å². The van der Waals surface area contributed by atoms with E-state index in [4.69, 9.17) is 5.73 Å². The van der Waals surface area contributed by atoms with Crippen molar-refractivity contribution < 1.29 is 4.79 Å². The molecule has 3 N–H and O–H groups in total. The van der Waals surface area contributed by atoms with E-state index < -0.39 is 0 Å². The Hall–Kier alpha value is -0.570. The van der Waals surface area contributed by atoms with E-state index in [0.717, 1.165) is 25.8 Å². The summed E-state index contributed by atoms with van der Waals surface area (Å²) in [6, 6.07) is -0.325. The summed E-state index contributed by atoms with van der Waals surface area (Å²) in [7, 11) is 0. The topological polar surface area (TPSA) is 55.1 Å². The molecular formula is C10H22N2O. The van der Waals surface area contributed by atoms with Crippen molar-refractivity contribution in [2.45, 2.75) is 46.1 Å². The molecule has 78 valence electrons. The van der Waals surface area contributed by atoms with Crippen LogP contribution in [0.3, 0.4) is 0 Å². The summed E-state index contributed by atoms with van der Waals surface area (Å²) in [6.45, 7) is 7.00. The largest absolute Gasteiger partial charge is 0.354 e. The number of carbonyl (C=O) groups is 1. The van der Waals surface area contributed by atoms with Crippen LogP contribution in [0.4, 0.5) is 0 Å². The van der Waals surface area contributed by atoms with Gasteiger partial charge < -0.3 is 11.1 Å². The van der Waals surface area contributed by atoms with Crippen LogP contribution in [0, 0.1) is 5.92 Å². The molecule has 0 fully saturated rings. The van der Waals surface area contributed by atoms with Crippen LogP contribution in [-0.4, -0.2) is 18.5 Å². The first-order valence-electron chi connectivity index (χ1n) is 5.15. The van der Waals surface area contributed by atoms with Crippen molar-refractivity contribution in [3.05, 3.63) is 0 Å². The molecule has 0 bridgehead atoms. The third-order valence-electron chi connectivity index (χ3n) is 2.26. The van der Waals surface area contributed by atoms with Gasteiger partial charge in [-0.15, -0.1) is 0 Å². The third kappa shape index (κ3) is 5.64. The van der Waals surface area contributed by atoms with Crippen LogP contribution in [0.5, 0.6) is 0 Å².